The minimum Gasteiger partial charge on any atom is -0.744 e. The monoisotopic (exact) mass is 574 g/mol. The van der Waals surface area contributed by atoms with Gasteiger partial charge in [0.05, 0.1) is 5.97 Å². The van der Waals surface area contributed by atoms with Crippen LogP contribution in [0.5, 0.6) is 0 Å². The van der Waals surface area contributed by atoms with Crippen LogP contribution in [0.25, 0.3) is 5.69 Å². The van der Waals surface area contributed by atoms with E-state index in [1.807, 2.05) is 0 Å². The van der Waals surface area contributed by atoms with Crippen LogP contribution in [-0.4, -0.2) is 20.7 Å². The van der Waals surface area contributed by atoms with Crippen LogP contribution in [0.3, 0.4) is 0 Å². The molecule has 1 heterocycles. The predicted molar refractivity (Wildman–Crippen MR) is 67.8 cm³/mol. The van der Waals surface area contributed by atoms with Crippen molar-refractivity contribution in [3.05, 3.63) is 36.2 Å². The van der Waals surface area contributed by atoms with Crippen LogP contribution in [0.1, 0.15) is 10.4 Å². The molecule has 1 aromatic heterocycles. The van der Waals surface area contributed by atoms with E-state index in [-0.39, 0.29) is 87.1 Å². The van der Waals surface area contributed by atoms with Gasteiger partial charge in [-0.15, -0.1) is 5.10 Å². The number of benzene rings is 1. The SMILES string of the molecule is O=C([O-])c1ccc(-n2cnnc2[S-])cc1.O=[S-](=S)O[O-].[Au].[Na+].[Na+]. The summed E-state index contributed by atoms with van der Waals surface area (Å²) in [6.07, 6.45) is 1.47. The second-order valence-electron chi connectivity index (χ2n) is 3.09. The average Bonchev–Trinajstić information content (AvgIpc) is 2.85. The molecular formula is C9H5AuN3Na2O5S3-2. The van der Waals surface area contributed by atoms with Crippen molar-refractivity contribution in [2.24, 2.45) is 0 Å². The van der Waals surface area contributed by atoms with E-state index in [9.17, 15) is 14.1 Å². The van der Waals surface area contributed by atoms with Crippen LogP contribution in [0.4, 0.5) is 0 Å². The van der Waals surface area contributed by atoms with Gasteiger partial charge < -0.3 is 40.9 Å². The second kappa shape index (κ2) is 15.3. The fraction of sp³-hybridized carbons (Fsp3) is 0. The topological polar surface area (TPSA) is 120 Å². The number of aromatic carboxylic acids is 1. The summed E-state index contributed by atoms with van der Waals surface area (Å²) < 4.78 is 13.6. The zero-order valence-electron chi connectivity index (χ0n) is 11.8. The third-order valence-corrected chi connectivity index (χ3v) is 2.51. The maximum Gasteiger partial charge on any atom is 1.00 e. The van der Waals surface area contributed by atoms with Crippen molar-refractivity contribution in [1.29, 1.82) is 0 Å². The molecule has 0 saturated heterocycles. The molecule has 1 aromatic carbocycles. The fourth-order valence-corrected chi connectivity index (χ4v) is 1.36. The first-order chi connectivity index (χ1) is 9.45. The maximum absolute atomic E-state index is 10.5. The van der Waals surface area contributed by atoms with Crippen LogP contribution in [0.2, 0.25) is 0 Å². The van der Waals surface area contributed by atoms with Gasteiger partial charge in [0.2, 0.25) is 0 Å². The Bertz CT molecular complexity index is 661. The van der Waals surface area contributed by atoms with Crippen LogP contribution >= 0.6 is 0 Å². The largest absolute Gasteiger partial charge is 1.00 e. The molecule has 14 heteroatoms. The van der Waals surface area contributed by atoms with Crippen molar-refractivity contribution in [3.8, 4) is 5.69 Å². The van der Waals surface area contributed by atoms with Crippen LogP contribution in [0, 0.1) is 0 Å². The number of nitrogens with zero attached hydrogens (tertiary/aromatic N) is 3. The summed E-state index contributed by atoms with van der Waals surface area (Å²) >= 11 is 8.63. The van der Waals surface area contributed by atoms with Gasteiger partial charge >= 0.3 is 59.1 Å². The van der Waals surface area contributed by atoms with E-state index in [1.165, 1.54) is 18.5 Å². The van der Waals surface area contributed by atoms with E-state index < -0.39 is 15.6 Å². The van der Waals surface area contributed by atoms with E-state index in [4.69, 9.17) is 17.9 Å². The first kappa shape index (κ1) is 28.9. The summed E-state index contributed by atoms with van der Waals surface area (Å²) in [5.41, 5.74) is 0.841. The smallest absolute Gasteiger partial charge is 0.744 e. The zero-order valence-corrected chi connectivity index (χ0v) is 20.4. The number of aromatic nitrogens is 3. The summed E-state index contributed by atoms with van der Waals surface area (Å²) in [5.74, 6) is -1.20. The molecule has 0 atom stereocenters. The van der Waals surface area contributed by atoms with Gasteiger partial charge in [-0.2, -0.15) is 5.10 Å². The number of hydrogen-bond donors (Lipinski definition) is 0. The van der Waals surface area contributed by atoms with Gasteiger partial charge in [0.15, 0.2) is 0 Å². The van der Waals surface area contributed by atoms with E-state index in [0.29, 0.717) is 5.16 Å². The summed E-state index contributed by atoms with van der Waals surface area (Å²) in [6.45, 7) is 0. The molecule has 0 spiro atoms. The molecule has 0 aliphatic heterocycles. The molecule has 2 rings (SSSR count). The van der Waals surface area contributed by atoms with E-state index in [2.05, 4.69) is 25.7 Å². The average molecular weight is 574 g/mol. The van der Waals surface area contributed by atoms with Gasteiger partial charge in [0.1, 0.15) is 6.33 Å². The van der Waals surface area contributed by atoms with Crippen molar-refractivity contribution in [2.45, 2.75) is 5.16 Å². The van der Waals surface area contributed by atoms with Gasteiger partial charge in [-0.3, -0.25) is 0 Å². The number of carboxylic acid groups (broad SMARTS) is 1. The molecule has 0 N–H and O–H groups in total. The van der Waals surface area contributed by atoms with Crippen LogP contribution < -0.4 is 69.5 Å². The van der Waals surface area contributed by atoms with Gasteiger partial charge in [0, 0.05) is 33.2 Å². The quantitative estimate of drug-likeness (QED) is 0.153. The Morgan fingerprint density at radius 1 is 1.30 bits per heavy atom. The van der Waals surface area contributed by atoms with Crippen molar-refractivity contribution < 1.29 is 105 Å². The Morgan fingerprint density at radius 3 is 2.09 bits per heavy atom. The standard InChI is InChI=1S/C9H7N3O2S.Au.2Na.HO3S2/c13-8(14)6-1-3-7(4-2-6)12-5-10-11-9(12)15;;;;1-3-5(2)4/h1-5H,(H,11,15)(H,13,14);;;;1H/q;;2*+1;-1/p-3. The molecule has 0 saturated carbocycles. The van der Waals surface area contributed by atoms with Gasteiger partial charge in [0.25, 0.3) is 0 Å². The third-order valence-electron chi connectivity index (χ3n) is 1.95. The molecular weight excluding hydrogens is 569 g/mol. The first-order valence-electron chi connectivity index (χ1n) is 4.74. The van der Waals surface area contributed by atoms with Crippen molar-refractivity contribution >= 4 is 39.4 Å². The Hall–Kier alpha value is 1.08. The number of carbonyl (C=O) groups excluding carboxylic acids is 1. The van der Waals surface area contributed by atoms with Crippen LogP contribution in [0.15, 0.2) is 35.7 Å². The normalized spacial score (nSPS) is 8.61. The fourth-order valence-electron chi connectivity index (χ4n) is 1.16. The summed E-state index contributed by atoms with van der Waals surface area (Å²) in [7, 11) is -2.04. The minimum atomic E-state index is -2.04. The molecule has 8 nitrogen and oxygen atoms in total. The van der Waals surface area contributed by atoms with Gasteiger partial charge in [-0.05, 0) is 17.7 Å². The molecule has 119 valence electrons. The number of hydrogen-bond acceptors (Lipinski definition) is 10. The summed E-state index contributed by atoms with van der Waals surface area (Å²) in [4.78, 5) is 10.5. The number of carbonyl (C=O) groups is 1. The third kappa shape index (κ3) is 10.6. The first-order valence-corrected chi connectivity index (χ1v) is 7.15. The maximum atomic E-state index is 10.5. The van der Waals surface area contributed by atoms with Gasteiger partial charge in [-0.1, -0.05) is 21.8 Å². The molecule has 0 amide bonds. The Morgan fingerprint density at radius 2 is 1.78 bits per heavy atom. The van der Waals surface area contributed by atoms with Crippen molar-refractivity contribution in [3.63, 3.8) is 0 Å². The van der Waals surface area contributed by atoms with E-state index >= 15 is 0 Å². The Labute approximate surface area is 203 Å². The van der Waals surface area contributed by atoms with Crippen molar-refractivity contribution in [2.75, 3.05) is 0 Å². The van der Waals surface area contributed by atoms with E-state index in [1.54, 1.807) is 16.7 Å². The Balaban J connectivity index is -0.000000444. The molecule has 0 fully saturated rings. The molecule has 0 aliphatic carbocycles. The van der Waals surface area contributed by atoms with Gasteiger partial charge in [-0.25, -0.2) is 11.2 Å². The molecule has 0 bridgehead atoms. The predicted octanol–water partition coefficient (Wildman–Crippen LogP) is -7.84. The molecule has 2 aromatic rings. The minimum absolute atomic E-state index is 0. The Kier molecular flexibility index (Phi) is 19.3. The molecule has 23 heavy (non-hydrogen) atoms. The molecule has 1 radical (unpaired) electrons. The summed E-state index contributed by atoms with van der Waals surface area (Å²) in [6, 6.07) is 6.12. The number of rotatable bonds is 3. The summed E-state index contributed by atoms with van der Waals surface area (Å²) in [5, 5.41) is 26.8. The van der Waals surface area contributed by atoms with Crippen LogP contribution in [-0.2, 0) is 64.4 Å². The molecule has 0 aliphatic rings. The second-order valence-corrected chi connectivity index (χ2v) is 4.82. The zero-order chi connectivity index (χ0) is 15.1. The van der Waals surface area contributed by atoms with E-state index in [0.717, 1.165) is 5.69 Å². The molecule has 0 unspecified atom stereocenters. The number of carboxylic acids is 1. The van der Waals surface area contributed by atoms with Crippen molar-refractivity contribution in [1.82, 2.24) is 14.8 Å².